The van der Waals surface area contributed by atoms with Gasteiger partial charge >= 0.3 is 5.97 Å². The lowest BCUT2D eigenvalue weighted by Crippen LogP contribution is -2.28. The molecule has 2 aromatic heterocycles. The molecular formula is C15H17NO3S. The number of pyridine rings is 1. The second kappa shape index (κ2) is 5.25. The Morgan fingerprint density at radius 3 is 2.45 bits per heavy atom. The van der Waals surface area contributed by atoms with Crippen LogP contribution < -0.4 is 5.56 Å². The molecule has 0 spiro atoms. The van der Waals surface area contributed by atoms with Gasteiger partial charge in [0.15, 0.2) is 0 Å². The highest BCUT2D eigenvalue weighted by molar-refractivity contribution is 7.12. The lowest BCUT2D eigenvalue weighted by molar-refractivity contribution is 0.0694. The number of carbonyl (C=O) groups is 1. The summed E-state index contributed by atoms with van der Waals surface area (Å²) in [6.07, 6.45) is 0. The van der Waals surface area contributed by atoms with Crippen LogP contribution in [0.5, 0.6) is 0 Å². The number of hydrogen-bond acceptors (Lipinski definition) is 3. The molecule has 1 N–H and O–H groups in total. The minimum absolute atomic E-state index is 0.163. The Morgan fingerprint density at radius 1 is 1.30 bits per heavy atom. The van der Waals surface area contributed by atoms with E-state index >= 15 is 0 Å². The molecule has 5 heteroatoms. The Morgan fingerprint density at radius 2 is 1.95 bits per heavy atom. The van der Waals surface area contributed by atoms with Crippen LogP contribution in [0.4, 0.5) is 0 Å². The van der Waals surface area contributed by atoms with Gasteiger partial charge in [0.2, 0.25) is 0 Å². The minimum atomic E-state index is -0.997. The zero-order valence-electron chi connectivity index (χ0n) is 11.9. The summed E-state index contributed by atoms with van der Waals surface area (Å²) in [6.45, 7) is 7.27. The molecule has 0 aliphatic carbocycles. The van der Waals surface area contributed by atoms with Crippen LogP contribution in [0, 0.1) is 20.8 Å². The van der Waals surface area contributed by atoms with Crippen LogP contribution in [0.3, 0.4) is 0 Å². The molecule has 0 aliphatic rings. The molecule has 0 aliphatic heterocycles. The molecule has 1 atom stereocenters. The molecule has 106 valence electrons. The topological polar surface area (TPSA) is 59.3 Å². The van der Waals surface area contributed by atoms with Crippen LogP contribution in [0.1, 0.15) is 44.3 Å². The first-order valence-corrected chi connectivity index (χ1v) is 7.17. The fourth-order valence-electron chi connectivity index (χ4n) is 2.51. The number of hydrogen-bond donors (Lipinski definition) is 1. The molecule has 0 radical (unpaired) electrons. The summed E-state index contributed by atoms with van der Waals surface area (Å²) in [5, 5.41) is 9.31. The molecule has 2 rings (SSSR count). The summed E-state index contributed by atoms with van der Waals surface area (Å²) < 4.78 is 1.56. The Bertz CT molecular complexity index is 727. The van der Waals surface area contributed by atoms with Crippen molar-refractivity contribution in [3.63, 3.8) is 0 Å². The van der Waals surface area contributed by atoms with E-state index in [1.54, 1.807) is 29.8 Å². The van der Waals surface area contributed by atoms with Gasteiger partial charge in [-0.25, -0.2) is 4.79 Å². The lowest BCUT2D eigenvalue weighted by Gasteiger charge is -2.19. The van der Waals surface area contributed by atoms with Crippen molar-refractivity contribution >= 4 is 17.3 Å². The number of thiophene rings is 1. The van der Waals surface area contributed by atoms with Crippen LogP contribution in [0.25, 0.3) is 0 Å². The first-order chi connectivity index (χ1) is 9.32. The number of aromatic carboxylic acids is 1. The van der Waals surface area contributed by atoms with Crippen molar-refractivity contribution in [1.82, 2.24) is 4.57 Å². The second-order valence-electron chi connectivity index (χ2n) is 4.93. The minimum Gasteiger partial charge on any atom is -0.478 e. The van der Waals surface area contributed by atoms with Gasteiger partial charge in [-0.15, -0.1) is 11.3 Å². The van der Waals surface area contributed by atoms with Crippen molar-refractivity contribution in [1.29, 1.82) is 0 Å². The molecule has 2 heterocycles. The van der Waals surface area contributed by atoms with Crippen LogP contribution in [-0.4, -0.2) is 15.6 Å². The van der Waals surface area contributed by atoms with Crippen LogP contribution in [0.15, 0.2) is 23.0 Å². The van der Waals surface area contributed by atoms with Gasteiger partial charge in [-0.2, -0.15) is 0 Å². The molecule has 0 saturated heterocycles. The summed E-state index contributed by atoms with van der Waals surface area (Å²) in [5.74, 6) is -0.997. The van der Waals surface area contributed by atoms with Gasteiger partial charge in [0.05, 0.1) is 11.6 Å². The van der Waals surface area contributed by atoms with Crippen molar-refractivity contribution < 1.29 is 9.90 Å². The van der Waals surface area contributed by atoms with Gasteiger partial charge in [-0.3, -0.25) is 4.79 Å². The fourth-order valence-corrected chi connectivity index (χ4v) is 3.43. The van der Waals surface area contributed by atoms with Gasteiger partial charge in [0, 0.05) is 21.5 Å². The van der Waals surface area contributed by atoms with Gasteiger partial charge in [-0.1, -0.05) is 0 Å². The SMILES string of the molecule is Cc1ccc(C(C)n2c(C)c(C(=O)O)c(C)cc2=O)s1. The van der Waals surface area contributed by atoms with Crippen molar-refractivity contribution in [2.24, 2.45) is 0 Å². The highest BCUT2D eigenvalue weighted by Crippen LogP contribution is 2.26. The van der Waals surface area contributed by atoms with E-state index in [2.05, 4.69) is 0 Å². The molecule has 0 amide bonds. The van der Waals surface area contributed by atoms with E-state index < -0.39 is 5.97 Å². The number of aromatic nitrogens is 1. The maximum atomic E-state index is 12.2. The third-order valence-corrected chi connectivity index (χ3v) is 4.64. The van der Waals surface area contributed by atoms with Crippen LogP contribution in [0.2, 0.25) is 0 Å². The molecule has 1 unspecified atom stereocenters. The molecule has 2 aromatic rings. The van der Waals surface area contributed by atoms with Crippen molar-refractivity contribution in [2.45, 2.75) is 33.7 Å². The largest absolute Gasteiger partial charge is 0.478 e. The maximum Gasteiger partial charge on any atom is 0.337 e. The Balaban J connectivity index is 2.65. The van der Waals surface area contributed by atoms with Crippen LogP contribution in [-0.2, 0) is 0 Å². The van der Waals surface area contributed by atoms with Crippen molar-refractivity contribution in [3.8, 4) is 0 Å². The zero-order valence-corrected chi connectivity index (χ0v) is 12.7. The summed E-state index contributed by atoms with van der Waals surface area (Å²) in [6, 6.07) is 5.22. The van der Waals surface area contributed by atoms with Crippen molar-refractivity contribution in [2.75, 3.05) is 0 Å². The standard InChI is InChI=1S/C15H17NO3S/c1-8-7-13(17)16(11(4)14(8)15(18)19)10(3)12-6-5-9(2)20-12/h5-7,10H,1-4H3,(H,18,19). The smallest absolute Gasteiger partial charge is 0.337 e. The normalized spacial score (nSPS) is 12.4. The average molecular weight is 291 g/mol. The molecule has 0 bridgehead atoms. The average Bonchev–Trinajstić information content (AvgIpc) is 2.74. The van der Waals surface area contributed by atoms with Gasteiger partial charge in [0.1, 0.15) is 0 Å². The first-order valence-electron chi connectivity index (χ1n) is 6.35. The van der Waals surface area contributed by atoms with E-state index in [1.807, 2.05) is 26.0 Å². The van der Waals surface area contributed by atoms with Gasteiger partial charge in [0.25, 0.3) is 5.56 Å². The zero-order chi connectivity index (χ0) is 15.0. The van der Waals surface area contributed by atoms with E-state index in [0.29, 0.717) is 11.3 Å². The molecule has 0 fully saturated rings. The Kier molecular flexibility index (Phi) is 3.81. The molecule has 0 saturated carbocycles. The number of carboxylic acids is 1. The first kappa shape index (κ1) is 14.5. The van der Waals surface area contributed by atoms with E-state index in [1.165, 1.54) is 10.9 Å². The van der Waals surface area contributed by atoms with Crippen molar-refractivity contribution in [3.05, 3.63) is 55.1 Å². The van der Waals surface area contributed by atoms with Crippen LogP contribution >= 0.6 is 11.3 Å². The third kappa shape index (κ3) is 2.41. The lowest BCUT2D eigenvalue weighted by atomic mass is 10.1. The summed E-state index contributed by atoms with van der Waals surface area (Å²) in [4.78, 5) is 25.8. The molecule has 0 aromatic carbocycles. The second-order valence-corrected chi connectivity index (χ2v) is 6.25. The monoisotopic (exact) mass is 291 g/mol. The third-order valence-electron chi connectivity index (χ3n) is 3.47. The number of rotatable bonds is 3. The summed E-state index contributed by atoms with van der Waals surface area (Å²) in [5.41, 5.74) is 1.06. The van der Waals surface area contributed by atoms with Gasteiger partial charge < -0.3 is 9.67 Å². The molecular weight excluding hydrogens is 274 g/mol. The number of aryl methyl sites for hydroxylation is 2. The highest BCUT2D eigenvalue weighted by atomic mass is 32.1. The maximum absolute atomic E-state index is 12.2. The van der Waals surface area contributed by atoms with E-state index in [-0.39, 0.29) is 17.2 Å². The number of nitrogens with zero attached hydrogens (tertiary/aromatic N) is 1. The van der Waals surface area contributed by atoms with E-state index in [4.69, 9.17) is 0 Å². The quantitative estimate of drug-likeness (QED) is 0.945. The van der Waals surface area contributed by atoms with E-state index in [0.717, 1.165) is 4.88 Å². The van der Waals surface area contributed by atoms with E-state index in [9.17, 15) is 14.7 Å². The predicted octanol–water partition coefficient (Wildman–Crippen LogP) is 3.14. The Labute approximate surface area is 121 Å². The van der Waals surface area contributed by atoms with Gasteiger partial charge in [-0.05, 0) is 45.4 Å². The predicted molar refractivity (Wildman–Crippen MR) is 80.0 cm³/mol. The molecule has 20 heavy (non-hydrogen) atoms. The molecule has 4 nitrogen and oxygen atoms in total. The summed E-state index contributed by atoms with van der Waals surface area (Å²) >= 11 is 1.62. The fraction of sp³-hybridized carbons (Fsp3) is 0.333. The highest BCUT2D eigenvalue weighted by Gasteiger charge is 2.20. The Hall–Kier alpha value is -1.88. The summed E-state index contributed by atoms with van der Waals surface area (Å²) in [7, 11) is 0. The number of carboxylic acid groups (broad SMARTS) is 1.